The highest BCUT2D eigenvalue weighted by molar-refractivity contribution is 7.98. The van der Waals surface area contributed by atoms with Crippen LogP contribution in [0.1, 0.15) is 15.9 Å². The number of nitrogens with zero attached hydrogens (tertiary/aromatic N) is 2. The van der Waals surface area contributed by atoms with Crippen LogP contribution in [-0.4, -0.2) is 35.7 Å². The summed E-state index contributed by atoms with van der Waals surface area (Å²) in [7, 11) is 1.32. The van der Waals surface area contributed by atoms with Crippen molar-refractivity contribution in [1.29, 1.82) is 0 Å². The highest BCUT2D eigenvalue weighted by atomic mass is 32.2. The van der Waals surface area contributed by atoms with Crippen molar-refractivity contribution < 1.29 is 19.0 Å². The summed E-state index contributed by atoms with van der Waals surface area (Å²) in [6, 6.07) is 10.3. The minimum absolute atomic E-state index is 0.168. The lowest BCUT2D eigenvalue weighted by Crippen LogP contribution is -2.24. The molecule has 2 aromatic carbocycles. The van der Waals surface area contributed by atoms with E-state index in [0.717, 1.165) is 5.56 Å². The van der Waals surface area contributed by atoms with Crippen LogP contribution in [0, 0.1) is 0 Å². The average molecular weight is 384 g/mol. The predicted molar refractivity (Wildman–Crippen MR) is 101 cm³/mol. The maximum atomic E-state index is 13.0. The van der Waals surface area contributed by atoms with E-state index in [-0.39, 0.29) is 12.4 Å². The van der Waals surface area contributed by atoms with Crippen molar-refractivity contribution in [3.63, 3.8) is 0 Å². The second-order valence-electron chi connectivity index (χ2n) is 5.90. The molecule has 0 N–H and O–H groups in total. The van der Waals surface area contributed by atoms with E-state index in [1.54, 1.807) is 22.8 Å². The molecular weight excluding hydrogens is 368 g/mol. The smallest absolute Gasteiger partial charge is 0.337 e. The molecule has 0 amide bonds. The van der Waals surface area contributed by atoms with Crippen molar-refractivity contribution in [3.05, 3.63) is 57.9 Å². The lowest BCUT2D eigenvalue weighted by Gasteiger charge is -2.13. The molecule has 0 aliphatic carbocycles. The lowest BCUT2D eigenvalue weighted by molar-refractivity contribution is 0.0601. The number of hydrogen-bond donors (Lipinski definition) is 0. The van der Waals surface area contributed by atoms with Crippen LogP contribution < -0.4 is 15.0 Å². The van der Waals surface area contributed by atoms with Crippen molar-refractivity contribution in [2.45, 2.75) is 11.7 Å². The van der Waals surface area contributed by atoms with Crippen LogP contribution in [0.15, 0.2) is 46.3 Å². The summed E-state index contributed by atoms with van der Waals surface area (Å²) in [5, 5.41) is 1.01. The molecule has 1 aliphatic rings. The van der Waals surface area contributed by atoms with Gasteiger partial charge in [-0.3, -0.25) is 9.36 Å². The van der Waals surface area contributed by atoms with Crippen molar-refractivity contribution in [3.8, 4) is 11.5 Å². The molecule has 0 atom stereocenters. The van der Waals surface area contributed by atoms with Gasteiger partial charge in [0.1, 0.15) is 0 Å². The largest absolute Gasteiger partial charge is 0.465 e. The summed E-state index contributed by atoms with van der Waals surface area (Å²) in [6.45, 7) is 0.558. The molecule has 0 saturated heterocycles. The number of rotatable bonds is 4. The summed E-state index contributed by atoms with van der Waals surface area (Å²) in [5.74, 6) is 0.903. The standard InChI is InChI=1S/C19H16N2O5S/c1-24-18(23)12-4-5-13-14(8-12)20-19(27-2)21(17(13)22)9-11-3-6-15-16(7-11)26-10-25-15/h3-8H,9-10H2,1-2H3. The first-order valence-electron chi connectivity index (χ1n) is 8.16. The first-order valence-corrected chi connectivity index (χ1v) is 9.38. The zero-order valence-electron chi connectivity index (χ0n) is 14.7. The highest BCUT2D eigenvalue weighted by Gasteiger charge is 2.16. The maximum Gasteiger partial charge on any atom is 0.337 e. The minimum atomic E-state index is -0.464. The number of benzene rings is 2. The average Bonchev–Trinajstić information content (AvgIpc) is 3.16. The summed E-state index contributed by atoms with van der Waals surface area (Å²) in [5.41, 5.74) is 1.56. The van der Waals surface area contributed by atoms with Crippen LogP contribution in [0.25, 0.3) is 10.9 Å². The molecule has 4 rings (SSSR count). The molecule has 8 heteroatoms. The molecule has 0 fully saturated rings. The molecule has 7 nitrogen and oxygen atoms in total. The maximum absolute atomic E-state index is 13.0. The third kappa shape index (κ3) is 3.12. The van der Waals surface area contributed by atoms with Crippen LogP contribution in [0.5, 0.6) is 11.5 Å². The Balaban J connectivity index is 1.79. The van der Waals surface area contributed by atoms with Gasteiger partial charge in [0.05, 0.1) is 30.1 Å². The third-order valence-electron chi connectivity index (χ3n) is 4.30. The quantitative estimate of drug-likeness (QED) is 0.389. The molecule has 0 bridgehead atoms. The number of carbonyl (C=O) groups is 1. The predicted octanol–water partition coefficient (Wildman–Crippen LogP) is 2.68. The zero-order valence-corrected chi connectivity index (χ0v) is 15.5. The van der Waals surface area contributed by atoms with Gasteiger partial charge in [0.2, 0.25) is 6.79 Å². The Morgan fingerprint density at radius 3 is 2.81 bits per heavy atom. The first kappa shape index (κ1) is 17.4. The van der Waals surface area contributed by atoms with Gasteiger partial charge in [-0.25, -0.2) is 9.78 Å². The van der Waals surface area contributed by atoms with Crippen molar-refractivity contribution in [2.24, 2.45) is 0 Å². The highest BCUT2D eigenvalue weighted by Crippen LogP contribution is 2.32. The third-order valence-corrected chi connectivity index (χ3v) is 4.98. The van der Waals surface area contributed by atoms with Gasteiger partial charge in [0, 0.05) is 0 Å². The number of hydrogen-bond acceptors (Lipinski definition) is 7. The Hall–Kier alpha value is -3.00. The van der Waals surface area contributed by atoms with Gasteiger partial charge in [0.25, 0.3) is 5.56 Å². The molecule has 2 heterocycles. The molecule has 0 saturated carbocycles. The zero-order chi connectivity index (χ0) is 19.0. The molecule has 27 heavy (non-hydrogen) atoms. The van der Waals surface area contributed by atoms with E-state index in [0.29, 0.717) is 39.7 Å². The monoisotopic (exact) mass is 384 g/mol. The molecule has 0 spiro atoms. The molecule has 0 unspecified atom stereocenters. The fourth-order valence-corrected chi connectivity index (χ4v) is 3.52. The Kier molecular flexibility index (Phi) is 4.49. The second-order valence-corrected chi connectivity index (χ2v) is 6.67. The first-order chi connectivity index (χ1) is 13.1. The molecule has 0 radical (unpaired) electrons. The van der Waals surface area contributed by atoms with E-state index in [1.807, 2.05) is 24.5 Å². The van der Waals surface area contributed by atoms with E-state index in [1.165, 1.54) is 18.9 Å². The van der Waals surface area contributed by atoms with Crippen LogP contribution >= 0.6 is 11.8 Å². The van der Waals surface area contributed by atoms with Crippen molar-refractivity contribution >= 4 is 28.6 Å². The van der Waals surface area contributed by atoms with Gasteiger partial charge in [-0.1, -0.05) is 17.8 Å². The van der Waals surface area contributed by atoms with E-state index >= 15 is 0 Å². The number of ether oxygens (including phenoxy) is 3. The Bertz CT molecular complexity index is 1110. The fraction of sp³-hybridized carbons (Fsp3) is 0.211. The van der Waals surface area contributed by atoms with Crippen LogP contribution in [-0.2, 0) is 11.3 Å². The SMILES string of the molecule is COC(=O)c1ccc2c(=O)n(Cc3ccc4c(c3)OCO4)c(SC)nc2c1. The number of aromatic nitrogens is 2. The number of thioether (sulfide) groups is 1. The summed E-state index contributed by atoms with van der Waals surface area (Å²) >= 11 is 1.37. The van der Waals surface area contributed by atoms with Crippen molar-refractivity contribution in [2.75, 3.05) is 20.2 Å². The topological polar surface area (TPSA) is 79.7 Å². The molecular formula is C19H16N2O5S. The van der Waals surface area contributed by atoms with E-state index < -0.39 is 5.97 Å². The Labute approximate surface area is 158 Å². The number of methoxy groups -OCH3 is 1. The summed E-state index contributed by atoms with van der Waals surface area (Å²) in [4.78, 5) is 29.3. The van der Waals surface area contributed by atoms with Gasteiger partial charge in [0.15, 0.2) is 16.7 Å². The number of esters is 1. The summed E-state index contributed by atoms with van der Waals surface area (Å²) in [6.07, 6.45) is 1.86. The normalized spacial score (nSPS) is 12.4. The minimum Gasteiger partial charge on any atom is -0.465 e. The van der Waals surface area contributed by atoms with Crippen LogP contribution in [0.3, 0.4) is 0 Å². The van der Waals surface area contributed by atoms with Gasteiger partial charge in [-0.15, -0.1) is 0 Å². The van der Waals surface area contributed by atoms with Crippen LogP contribution in [0.2, 0.25) is 0 Å². The molecule has 3 aromatic rings. The number of carbonyl (C=O) groups excluding carboxylic acids is 1. The van der Waals surface area contributed by atoms with E-state index in [4.69, 9.17) is 14.2 Å². The van der Waals surface area contributed by atoms with Gasteiger partial charge >= 0.3 is 5.97 Å². The molecule has 1 aliphatic heterocycles. The van der Waals surface area contributed by atoms with E-state index in [9.17, 15) is 9.59 Å². The van der Waals surface area contributed by atoms with Gasteiger partial charge in [-0.05, 0) is 42.2 Å². The summed E-state index contributed by atoms with van der Waals surface area (Å²) < 4.78 is 17.1. The molecule has 1 aromatic heterocycles. The van der Waals surface area contributed by atoms with Crippen LogP contribution in [0.4, 0.5) is 0 Å². The fourth-order valence-electron chi connectivity index (χ4n) is 2.96. The lowest BCUT2D eigenvalue weighted by atomic mass is 10.1. The molecule has 138 valence electrons. The Morgan fingerprint density at radius 1 is 1.22 bits per heavy atom. The van der Waals surface area contributed by atoms with Gasteiger partial charge in [-0.2, -0.15) is 0 Å². The van der Waals surface area contributed by atoms with Gasteiger partial charge < -0.3 is 14.2 Å². The second kappa shape index (κ2) is 6.96. The van der Waals surface area contributed by atoms with Crippen molar-refractivity contribution in [1.82, 2.24) is 9.55 Å². The number of fused-ring (bicyclic) bond motifs is 2. The Morgan fingerprint density at radius 2 is 2.04 bits per heavy atom. The van der Waals surface area contributed by atoms with E-state index in [2.05, 4.69) is 4.98 Å².